The van der Waals surface area contributed by atoms with E-state index in [2.05, 4.69) is 31.1 Å². The Hall–Kier alpha value is -0.980. The number of carbonyl (C=O) groups is 1. The van der Waals surface area contributed by atoms with Crippen LogP contribution in [0.25, 0.3) is 0 Å². The minimum absolute atomic E-state index is 0.00444. The maximum Gasteiger partial charge on any atom is 0.252 e. The highest BCUT2D eigenvalue weighted by molar-refractivity contribution is 7.13. The van der Waals surface area contributed by atoms with Crippen molar-refractivity contribution in [2.24, 2.45) is 5.73 Å². The van der Waals surface area contributed by atoms with Crippen LogP contribution in [-0.4, -0.2) is 30.6 Å². The SMILES string of the molecule is CC(C)(C)c1csc(NC(=O)COCCN)n1. The zero-order chi connectivity index (χ0) is 12.9. The number of rotatable bonds is 5. The van der Waals surface area contributed by atoms with Crippen molar-refractivity contribution in [2.45, 2.75) is 26.2 Å². The van der Waals surface area contributed by atoms with Crippen molar-refractivity contribution in [1.82, 2.24) is 4.98 Å². The largest absolute Gasteiger partial charge is 0.370 e. The molecule has 1 heterocycles. The Kier molecular flexibility index (Phi) is 5.04. The van der Waals surface area contributed by atoms with Crippen LogP contribution in [0.15, 0.2) is 5.38 Å². The first kappa shape index (κ1) is 14.1. The summed E-state index contributed by atoms with van der Waals surface area (Å²) in [5.41, 5.74) is 6.22. The lowest BCUT2D eigenvalue weighted by atomic mass is 9.93. The Morgan fingerprint density at radius 3 is 2.82 bits per heavy atom. The monoisotopic (exact) mass is 257 g/mol. The number of ether oxygens (including phenoxy) is 1. The Morgan fingerprint density at radius 2 is 2.29 bits per heavy atom. The van der Waals surface area contributed by atoms with E-state index in [-0.39, 0.29) is 17.9 Å². The van der Waals surface area contributed by atoms with Crippen molar-refractivity contribution >= 4 is 22.4 Å². The average Bonchev–Trinajstić information content (AvgIpc) is 2.66. The van der Waals surface area contributed by atoms with Gasteiger partial charge >= 0.3 is 0 Å². The molecule has 96 valence electrons. The molecule has 1 rings (SSSR count). The van der Waals surface area contributed by atoms with Crippen LogP contribution in [0.5, 0.6) is 0 Å². The van der Waals surface area contributed by atoms with Gasteiger partial charge in [0.25, 0.3) is 5.91 Å². The van der Waals surface area contributed by atoms with Gasteiger partial charge in [-0.05, 0) is 0 Å². The van der Waals surface area contributed by atoms with Gasteiger partial charge in [-0.15, -0.1) is 11.3 Å². The zero-order valence-corrected chi connectivity index (χ0v) is 11.3. The normalized spacial score (nSPS) is 11.5. The summed E-state index contributed by atoms with van der Waals surface area (Å²) >= 11 is 1.42. The summed E-state index contributed by atoms with van der Waals surface area (Å²) in [5, 5.41) is 5.26. The van der Waals surface area contributed by atoms with Crippen LogP contribution in [0, 0.1) is 0 Å². The summed E-state index contributed by atoms with van der Waals surface area (Å²) in [6.07, 6.45) is 0. The molecule has 6 heteroatoms. The summed E-state index contributed by atoms with van der Waals surface area (Å²) in [7, 11) is 0. The fraction of sp³-hybridized carbons (Fsp3) is 0.636. The zero-order valence-electron chi connectivity index (χ0n) is 10.4. The fourth-order valence-corrected chi connectivity index (χ4v) is 2.03. The minimum atomic E-state index is -0.201. The van der Waals surface area contributed by atoms with E-state index in [0.717, 1.165) is 5.69 Å². The lowest BCUT2D eigenvalue weighted by Gasteiger charge is -2.14. The molecule has 0 saturated carbocycles. The number of hydrogen-bond acceptors (Lipinski definition) is 5. The number of nitrogens with zero attached hydrogens (tertiary/aromatic N) is 1. The third kappa shape index (κ3) is 4.80. The van der Waals surface area contributed by atoms with Crippen LogP contribution in [0.4, 0.5) is 5.13 Å². The maximum atomic E-state index is 11.4. The van der Waals surface area contributed by atoms with Gasteiger partial charge in [0.15, 0.2) is 5.13 Å². The second kappa shape index (κ2) is 6.09. The van der Waals surface area contributed by atoms with E-state index in [1.165, 1.54) is 11.3 Å². The van der Waals surface area contributed by atoms with Crippen LogP contribution < -0.4 is 11.1 Å². The van der Waals surface area contributed by atoms with Gasteiger partial charge in [0, 0.05) is 17.3 Å². The first-order valence-electron chi connectivity index (χ1n) is 5.47. The quantitative estimate of drug-likeness (QED) is 0.781. The summed E-state index contributed by atoms with van der Waals surface area (Å²) < 4.78 is 5.03. The van der Waals surface area contributed by atoms with E-state index in [0.29, 0.717) is 18.3 Å². The van der Waals surface area contributed by atoms with E-state index >= 15 is 0 Å². The lowest BCUT2D eigenvalue weighted by Crippen LogP contribution is -2.21. The molecular formula is C11H19N3O2S. The number of hydrogen-bond donors (Lipinski definition) is 2. The molecule has 0 aromatic carbocycles. The second-order valence-corrected chi connectivity index (χ2v) is 5.54. The standard InChI is InChI=1S/C11H19N3O2S/c1-11(2,3)8-7-17-10(13-8)14-9(15)6-16-5-4-12/h7H,4-6,12H2,1-3H3,(H,13,14,15). The van der Waals surface area contributed by atoms with Crippen molar-refractivity contribution in [1.29, 1.82) is 0 Å². The third-order valence-electron chi connectivity index (χ3n) is 2.01. The molecule has 0 atom stereocenters. The number of amides is 1. The number of nitrogens with two attached hydrogens (primary N) is 1. The molecule has 0 radical (unpaired) electrons. The summed E-state index contributed by atoms with van der Waals surface area (Å²) in [5.74, 6) is -0.201. The van der Waals surface area contributed by atoms with Crippen LogP contribution >= 0.6 is 11.3 Å². The topological polar surface area (TPSA) is 77.2 Å². The maximum absolute atomic E-state index is 11.4. The van der Waals surface area contributed by atoms with Gasteiger partial charge in [-0.3, -0.25) is 10.1 Å². The second-order valence-electron chi connectivity index (χ2n) is 4.68. The molecular weight excluding hydrogens is 238 g/mol. The number of thiazole rings is 1. The fourth-order valence-electron chi connectivity index (χ4n) is 1.08. The minimum Gasteiger partial charge on any atom is -0.370 e. The molecule has 0 aliphatic rings. The number of carbonyl (C=O) groups excluding carboxylic acids is 1. The molecule has 0 saturated heterocycles. The van der Waals surface area contributed by atoms with Crippen molar-refractivity contribution in [3.8, 4) is 0 Å². The molecule has 0 spiro atoms. The van der Waals surface area contributed by atoms with Crippen molar-refractivity contribution in [3.63, 3.8) is 0 Å². The smallest absolute Gasteiger partial charge is 0.252 e. The number of anilines is 1. The predicted octanol–water partition coefficient (Wildman–Crippen LogP) is 1.35. The van der Waals surface area contributed by atoms with Crippen molar-refractivity contribution in [2.75, 3.05) is 25.1 Å². The van der Waals surface area contributed by atoms with Crippen LogP contribution in [0.3, 0.4) is 0 Å². The van der Waals surface area contributed by atoms with Crippen molar-refractivity contribution < 1.29 is 9.53 Å². The predicted molar refractivity (Wildman–Crippen MR) is 69.3 cm³/mol. The molecule has 1 aromatic heterocycles. The van der Waals surface area contributed by atoms with Crippen LogP contribution in [-0.2, 0) is 14.9 Å². The molecule has 0 bridgehead atoms. The highest BCUT2D eigenvalue weighted by Crippen LogP contribution is 2.26. The van der Waals surface area contributed by atoms with Gasteiger partial charge in [-0.2, -0.15) is 0 Å². The van der Waals surface area contributed by atoms with E-state index in [4.69, 9.17) is 10.5 Å². The van der Waals surface area contributed by atoms with Crippen LogP contribution in [0.1, 0.15) is 26.5 Å². The average molecular weight is 257 g/mol. The Balaban J connectivity index is 2.46. The lowest BCUT2D eigenvalue weighted by molar-refractivity contribution is -0.120. The van der Waals surface area contributed by atoms with Crippen molar-refractivity contribution in [3.05, 3.63) is 11.1 Å². The molecule has 0 aliphatic heterocycles. The first-order chi connectivity index (χ1) is 7.93. The van der Waals surface area contributed by atoms with E-state index in [1.54, 1.807) is 0 Å². The van der Waals surface area contributed by atoms with Gasteiger partial charge in [0.05, 0.1) is 12.3 Å². The highest BCUT2D eigenvalue weighted by atomic mass is 32.1. The first-order valence-corrected chi connectivity index (χ1v) is 6.35. The number of nitrogens with one attached hydrogen (secondary N) is 1. The van der Waals surface area contributed by atoms with Gasteiger partial charge in [0.1, 0.15) is 6.61 Å². The Bertz CT molecular complexity index is 371. The summed E-state index contributed by atoms with van der Waals surface area (Å²) in [4.78, 5) is 15.8. The molecule has 17 heavy (non-hydrogen) atoms. The van der Waals surface area contributed by atoms with Gasteiger partial charge in [0.2, 0.25) is 0 Å². The molecule has 5 nitrogen and oxygen atoms in total. The highest BCUT2D eigenvalue weighted by Gasteiger charge is 2.17. The summed E-state index contributed by atoms with van der Waals surface area (Å²) in [6.45, 7) is 7.06. The number of aromatic nitrogens is 1. The summed E-state index contributed by atoms with van der Waals surface area (Å²) in [6, 6.07) is 0. The molecule has 0 aliphatic carbocycles. The molecule has 1 amide bonds. The third-order valence-corrected chi connectivity index (χ3v) is 2.77. The molecule has 0 unspecified atom stereocenters. The van der Waals surface area contributed by atoms with Gasteiger partial charge in [-0.25, -0.2) is 4.98 Å². The Morgan fingerprint density at radius 1 is 1.59 bits per heavy atom. The van der Waals surface area contributed by atoms with Gasteiger partial charge in [-0.1, -0.05) is 20.8 Å². The van der Waals surface area contributed by atoms with E-state index in [9.17, 15) is 4.79 Å². The van der Waals surface area contributed by atoms with Gasteiger partial charge < -0.3 is 10.5 Å². The van der Waals surface area contributed by atoms with E-state index in [1.807, 2.05) is 5.38 Å². The molecule has 0 fully saturated rings. The molecule has 3 N–H and O–H groups in total. The van der Waals surface area contributed by atoms with Crippen LogP contribution in [0.2, 0.25) is 0 Å². The Labute approximate surface area is 105 Å². The molecule has 1 aromatic rings. The van der Waals surface area contributed by atoms with E-state index < -0.39 is 0 Å².